The number of aryl methyl sites for hydroxylation is 1. The van der Waals surface area contributed by atoms with Crippen molar-refractivity contribution in [2.24, 2.45) is 5.92 Å². The second-order valence-corrected chi connectivity index (χ2v) is 10.9. The Morgan fingerprint density at radius 1 is 1.17 bits per heavy atom. The monoisotopic (exact) mass is 481 g/mol. The number of benzene rings is 1. The Balaban J connectivity index is 1.46. The van der Waals surface area contributed by atoms with Crippen molar-refractivity contribution in [2.75, 3.05) is 19.8 Å². The van der Waals surface area contributed by atoms with Gasteiger partial charge in [-0.2, -0.15) is 0 Å². The van der Waals surface area contributed by atoms with Gasteiger partial charge in [0.25, 0.3) is 5.56 Å². The highest BCUT2D eigenvalue weighted by Crippen LogP contribution is 2.50. The molecule has 1 amide bonds. The van der Waals surface area contributed by atoms with Crippen molar-refractivity contribution >= 4 is 6.09 Å². The molecule has 8 nitrogen and oxygen atoms in total. The van der Waals surface area contributed by atoms with E-state index in [0.29, 0.717) is 30.0 Å². The molecule has 0 bridgehead atoms. The quantitative estimate of drug-likeness (QED) is 0.660. The van der Waals surface area contributed by atoms with Gasteiger partial charge in [-0.15, -0.1) is 0 Å². The number of aromatic nitrogens is 2. The Labute approximate surface area is 206 Å². The van der Waals surface area contributed by atoms with Crippen LogP contribution in [0, 0.1) is 12.8 Å². The number of carbonyl (C=O) groups is 1. The summed E-state index contributed by atoms with van der Waals surface area (Å²) in [7, 11) is 0. The number of hydrogen-bond acceptors (Lipinski definition) is 6. The van der Waals surface area contributed by atoms with E-state index in [1.165, 1.54) is 0 Å². The standard InChI is InChI=1S/C27H35N3O5/c1-18-28-22-17-29(25(32)35-26(2,3)4)12-11-21(22)24(31)30(18)23(19-9-6-5-7-10-19)20-15-27(16-20)33-13-8-14-34-27/h5-7,9-10,20,23H,8,11-17H2,1-4H3. The fourth-order valence-electron chi connectivity index (χ4n) is 5.53. The Morgan fingerprint density at radius 2 is 1.86 bits per heavy atom. The molecule has 5 rings (SSSR count). The van der Waals surface area contributed by atoms with Gasteiger partial charge < -0.3 is 19.1 Å². The summed E-state index contributed by atoms with van der Waals surface area (Å²) in [5, 5.41) is 0. The van der Waals surface area contributed by atoms with Crippen LogP contribution in [0.1, 0.15) is 68.7 Å². The van der Waals surface area contributed by atoms with Gasteiger partial charge in [-0.25, -0.2) is 9.78 Å². The summed E-state index contributed by atoms with van der Waals surface area (Å²) in [6, 6.07) is 10.0. The minimum atomic E-state index is -0.571. The van der Waals surface area contributed by atoms with Crippen LogP contribution in [0.5, 0.6) is 0 Å². The lowest BCUT2D eigenvalue weighted by Gasteiger charge is -2.51. The first-order chi connectivity index (χ1) is 16.7. The molecule has 1 aromatic heterocycles. The van der Waals surface area contributed by atoms with Crippen LogP contribution in [-0.2, 0) is 27.2 Å². The second-order valence-electron chi connectivity index (χ2n) is 10.9. The van der Waals surface area contributed by atoms with E-state index in [2.05, 4.69) is 12.1 Å². The molecule has 3 heterocycles. The molecular weight excluding hydrogens is 446 g/mol. The number of carbonyl (C=O) groups excluding carboxylic acids is 1. The number of ether oxygens (including phenoxy) is 3. The maximum Gasteiger partial charge on any atom is 0.410 e. The van der Waals surface area contributed by atoms with E-state index in [9.17, 15) is 9.59 Å². The topological polar surface area (TPSA) is 82.9 Å². The van der Waals surface area contributed by atoms with Gasteiger partial charge in [0.2, 0.25) is 0 Å². The van der Waals surface area contributed by atoms with Crippen LogP contribution < -0.4 is 5.56 Å². The summed E-state index contributed by atoms with van der Waals surface area (Å²) in [6.07, 6.45) is 2.51. The Hall–Kier alpha value is -2.71. The highest BCUT2D eigenvalue weighted by molar-refractivity contribution is 5.68. The predicted molar refractivity (Wildman–Crippen MR) is 130 cm³/mol. The maximum absolute atomic E-state index is 13.9. The van der Waals surface area contributed by atoms with Crippen molar-refractivity contribution in [3.8, 4) is 0 Å². The molecular formula is C27H35N3O5. The Morgan fingerprint density at radius 3 is 2.51 bits per heavy atom. The van der Waals surface area contributed by atoms with Crippen LogP contribution in [-0.4, -0.2) is 51.7 Å². The van der Waals surface area contributed by atoms with Gasteiger partial charge >= 0.3 is 6.09 Å². The lowest BCUT2D eigenvalue weighted by atomic mass is 9.71. The average molecular weight is 482 g/mol. The number of nitrogens with zero attached hydrogens (tertiary/aromatic N) is 3. The average Bonchev–Trinajstić information content (AvgIpc) is 2.80. The van der Waals surface area contributed by atoms with Crippen molar-refractivity contribution in [1.82, 2.24) is 14.5 Å². The summed E-state index contributed by atoms with van der Waals surface area (Å²) in [4.78, 5) is 33.0. The van der Waals surface area contributed by atoms with Crippen molar-refractivity contribution in [2.45, 2.75) is 77.4 Å². The maximum atomic E-state index is 13.9. The number of amides is 1. The van der Waals surface area contributed by atoms with Crippen molar-refractivity contribution in [3.63, 3.8) is 0 Å². The first-order valence-corrected chi connectivity index (χ1v) is 12.6. The lowest BCUT2D eigenvalue weighted by Crippen LogP contribution is -2.54. The highest BCUT2D eigenvalue weighted by Gasteiger charge is 2.51. The zero-order valence-electron chi connectivity index (χ0n) is 21.1. The minimum absolute atomic E-state index is 0.0170. The molecule has 1 aliphatic carbocycles. The normalized spacial score (nSPS) is 20.7. The Kier molecular flexibility index (Phi) is 6.21. The minimum Gasteiger partial charge on any atom is -0.444 e. The summed E-state index contributed by atoms with van der Waals surface area (Å²) >= 11 is 0. The molecule has 1 saturated carbocycles. The fourth-order valence-corrected chi connectivity index (χ4v) is 5.53. The summed E-state index contributed by atoms with van der Waals surface area (Å²) in [5.74, 6) is 0.344. The number of rotatable bonds is 3. The van der Waals surface area contributed by atoms with Crippen LogP contribution in [0.25, 0.3) is 0 Å². The molecule has 0 radical (unpaired) electrons. The van der Waals surface area contributed by atoms with Gasteiger partial charge in [0.05, 0.1) is 31.5 Å². The lowest BCUT2D eigenvalue weighted by molar-refractivity contribution is -0.321. The second kappa shape index (κ2) is 9.06. The highest BCUT2D eigenvalue weighted by atomic mass is 16.7. The van der Waals surface area contributed by atoms with Crippen LogP contribution in [0.15, 0.2) is 35.1 Å². The van der Waals surface area contributed by atoms with Crippen molar-refractivity contribution < 1.29 is 19.0 Å². The smallest absolute Gasteiger partial charge is 0.410 e. The molecule has 35 heavy (non-hydrogen) atoms. The largest absolute Gasteiger partial charge is 0.444 e. The van der Waals surface area contributed by atoms with E-state index in [1.807, 2.05) is 50.5 Å². The first kappa shape index (κ1) is 24.0. The molecule has 1 atom stereocenters. The summed E-state index contributed by atoms with van der Waals surface area (Å²) in [5.41, 5.74) is 1.85. The molecule has 1 unspecified atom stereocenters. The molecule has 2 aliphatic heterocycles. The number of hydrogen-bond donors (Lipinski definition) is 0. The van der Waals surface area contributed by atoms with E-state index >= 15 is 0 Å². The molecule has 1 spiro atoms. The van der Waals surface area contributed by atoms with Crippen LogP contribution in [0.2, 0.25) is 0 Å². The summed E-state index contributed by atoms with van der Waals surface area (Å²) < 4.78 is 19.4. The molecule has 188 valence electrons. The third-order valence-electron chi connectivity index (χ3n) is 7.13. The van der Waals surface area contributed by atoms with Crippen LogP contribution in [0.3, 0.4) is 0 Å². The van der Waals surface area contributed by atoms with Crippen molar-refractivity contribution in [1.29, 1.82) is 0 Å². The molecule has 8 heteroatoms. The zero-order valence-corrected chi connectivity index (χ0v) is 21.1. The van der Waals surface area contributed by atoms with Gasteiger partial charge in [-0.1, -0.05) is 30.3 Å². The zero-order chi connectivity index (χ0) is 24.8. The first-order valence-electron chi connectivity index (χ1n) is 12.6. The predicted octanol–water partition coefficient (Wildman–Crippen LogP) is 3.98. The van der Waals surface area contributed by atoms with Crippen molar-refractivity contribution in [3.05, 3.63) is 63.3 Å². The van der Waals surface area contributed by atoms with Gasteiger partial charge in [-0.05, 0) is 52.0 Å². The fraction of sp³-hybridized carbons (Fsp3) is 0.593. The van der Waals surface area contributed by atoms with E-state index in [0.717, 1.165) is 38.0 Å². The Bertz CT molecular complexity index is 1140. The van der Waals surface area contributed by atoms with E-state index in [-0.39, 0.29) is 30.2 Å². The molecule has 3 aliphatic rings. The van der Waals surface area contributed by atoms with E-state index < -0.39 is 11.4 Å². The van der Waals surface area contributed by atoms with E-state index in [4.69, 9.17) is 19.2 Å². The van der Waals surface area contributed by atoms with E-state index in [1.54, 1.807) is 4.90 Å². The molecule has 2 aromatic rings. The molecule has 1 aromatic carbocycles. The van der Waals surface area contributed by atoms with Gasteiger partial charge in [0, 0.05) is 24.9 Å². The molecule has 1 saturated heterocycles. The SMILES string of the molecule is Cc1nc2c(c(=O)n1C(c1ccccc1)C1CC3(C1)OCCCO3)CCN(C(=O)OC(C)(C)C)C2. The third-order valence-corrected chi connectivity index (χ3v) is 7.13. The van der Waals surface area contributed by atoms with Crippen LogP contribution in [0.4, 0.5) is 4.79 Å². The molecule has 0 N–H and O–H groups in total. The van der Waals surface area contributed by atoms with Crippen LogP contribution >= 0.6 is 0 Å². The summed E-state index contributed by atoms with van der Waals surface area (Å²) in [6.45, 7) is 9.58. The third kappa shape index (κ3) is 4.74. The van der Waals surface area contributed by atoms with Gasteiger partial charge in [-0.3, -0.25) is 9.36 Å². The van der Waals surface area contributed by atoms with Gasteiger partial charge in [0.1, 0.15) is 11.4 Å². The van der Waals surface area contributed by atoms with Gasteiger partial charge in [0.15, 0.2) is 5.79 Å². The number of fused-ring (bicyclic) bond motifs is 1. The molecule has 2 fully saturated rings.